The van der Waals surface area contributed by atoms with Gasteiger partial charge in [0.25, 0.3) is 5.56 Å². The second-order valence-electron chi connectivity index (χ2n) is 7.14. The van der Waals surface area contributed by atoms with Crippen LogP contribution in [0.4, 0.5) is 0 Å². The van der Waals surface area contributed by atoms with Gasteiger partial charge < -0.3 is 14.2 Å². The van der Waals surface area contributed by atoms with Gasteiger partial charge in [0.1, 0.15) is 11.9 Å². The SMILES string of the molecule is Cc1cc(OC2CN(C(=O)/C=C/c3ccc(Cl)cc3)C2)cc(=O)n1C1CC1. The molecule has 2 aliphatic rings. The summed E-state index contributed by atoms with van der Waals surface area (Å²) in [4.78, 5) is 26.2. The molecule has 0 unspecified atom stereocenters. The lowest BCUT2D eigenvalue weighted by Gasteiger charge is -2.38. The third-order valence-electron chi connectivity index (χ3n) is 4.90. The van der Waals surface area contributed by atoms with Crippen LogP contribution in [-0.4, -0.2) is 34.6 Å². The molecule has 0 bridgehead atoms. The van der Waals surface area contributed by atoms with E-state index < -0.39 is 0 Å². The number of halogens is 1. The summed E-state index contributed by atoms with van der Waals surface area (Å²) in [5, 5.41) is 0.668. The summed E-state index contributed by atoms with van der Waals surface area (Å²) < 4.78 is 7.72. The lowest BCUT2D eigenvalue weighted by molar-refractivity contribution is -0.134. The predicted molar refractivity (Wildman–Crippen MR) is 105 cm³/mol. The Morgan fingerprint density at radius 2 is 1.89 bits per heavy atom. The average molecular weight is 385 g/mol. The number of hydrogen-bond acceptors (Lipinski definition) is 3. The van der Waals surface area contributed by atoms with Gasteiger partial charge >= 0.3 is 0 Å². The molecule has 27 heavy (non-hydrogen) atoms. The van der Waals surface area contributed by atoms with E-state index in [1.807, 2.05) is 29.7 Å². The molecule has 0 atom stereocenters. The molecule has 1 aromatic heterocycles. The normalized spacial score (nSPS) is 17.2. The fourth-order valence-electron chi connectivity index (χ4n) is 3.28. The fourth-order valence-corrected chi connectivity index (χ4v) is 3.41. The summed E-state index contributed by atoms with van der Waals surface area (Å²) in [5.74, 6) is 0.535. The third kappa shape index (κ3) is 4.08. The van der Waals surface area contributed by atoms with Crippen LogP contribution >= 0.6 is 11.6 Å². The lowest BCUT2D eigenvalue weighted by Crippen LogP contribution is -2.55. The number of aromatic nitrogens is 1. The summed E-state index contributed by atoms with van der Waals surface area (Å²) in [6, 6.07) is 11.1. The molecule has 140 valence electrons. The monoisotopic (exact) mass is 384 g/mol. The molecule has 1 saturated heterocycles. The Morgan fingerprint density at radius 3 is 2.52 bits per heavy atom. The van der Waals surface area contributed by atoms with Crippen LogP contribution < -0.4 is 10.3 Å². The van der Waals surface area contributed by atoms with Crippen molar-refractivity contribution in [2.24, 2.45) is 0 Å². The number of nitrogens with zero attached hydrogens (tertiary/aromatic N) is 2. The molecule has 2 heterocycles. The molecule has 1 amide bonds. The predicted octanol–water partition coefficient (Wildman–Crippen LogP) is 3.45. The zero-order valence-electron chi connectivity index (χ0n) is 15.1. The van der Waals surface area contributed by atoms with E-state index in [0.717, 1.165) is 24.1 Å². The Balaban J connectivity index is 1.31. The van der Waals surface area contributed by atoms with Gasteiger partial charge in [-0.1, -0.05) is 23.7 Å². The van der Waals surface area contributed by atoms with E-state index in [0.29, 0.717) is 29.9 Å². The van der Waals surface area contributed by atoms with Crippen molar-refractivity contribution in [1.29, 1.82) is 0 Å². The number of pyridine rings is 1. The minimum absolute atomic E-state index is 0.00865. The van der Waals surface area contributed by atoms with Crippen LogP contribution in [0.15, 0.2) is 47.3 Å². The average Bonchev–Trinajstić information content (AvgIpc) is 3.41. The Bertz CT molecular complexity index is 939. The van der Waals surface area contributed by atoms with Crippen LogP contribution in [-0.2, 0) is 4.79 Å². The van der Waals surface area contributed by atoms with Crippen LogP contribution in [0.1, 0.15) is 30.1 Å². The molecular weight excluding hydrogens is 364 g/mol. The van der Waals surface area contributed by atoms with Crippen LogP contribution in [0.5, 0.6) is 5.75 Å². The van der Waals surface area contributed by atoms with E-state index in [2.05, 4.69) is 0 Å². The Kier molecular flexibility index (Phi) is 4.79. The van der Waals surface area contributed by atoms with E-state index in [1.165, 1.54) is 0 Å². The first kappa shape index (κ1) is 17.9. The van der Waals surface area contributed by atoms with E-state index in [1.54, 1.807) is 35.3 Å². The molecular formula is C21H21ClN2O3. The highest BCUT2D eigenvalue weighted by Gasteiger charge is 2.32. The van der Waals surface area contributed by atoms with Gasteiger partial charge in [-0.25, -0.2) is 0 Å². The molecule has 0 N–H and O–H groups in total. The minimum atomic E-state index is -0.0755. The number of amides is 1. The second kappa shape index (κ2) is 7.24. The number of carbonyl (C=O) groups is 1. The first-order chi connectivity index (χ1) is 13.0. The standard InChI is InChI=1S/C21H21ClN2O3/c1-14-10-18(11-21(26)24(14)17-7-8-17)27-19-12-23(13-19)20(25)9-4-15-2-5-16(22)6-3-15/h2-6,9-11,17,19H,7-8,12-13H2,1H3/b9-4+. The van der Waals surface area contributed by atoms with Gasteiger partial charge in [0.05, 0.1) is 13.1 Å². The Labute approximate surface area is 162 Å². The van der Waals surface area contributed by atoms with Gasteiger partial charge in [-0.15, -0.1) is 0 Å². The largest absolute Gasteiger partial charge is 0.486 e. The molecule has 1 saturated carbocycles. The molecule has 5 nitrogen and oxygen atoms in total. The van der Waals surface area contributed by atoms with E-state index >= 15 is 0 Å². The van der Waals surface area contributed by atoms with Crippen molar-refractivity contribution >= 4 is 23.6 Å². The first-order valence-corrected chi connectivity index (χ1v) is 9.50. The molecule has 0 spiro atoms. The molecule has 1 aliphatic carbocycles. The van der Waals surface area contributed by atoms with Crippen LogP contribution in [0.3, 0.4) is 0 Å². The zero-order chi connectivity index (χ0) is 19.0. The van der Waals surface area contributed by atoms with Crippen LogP contribution in [0.2, 0.25) is 5.02 Å². The number of ether oxygens (including phenoxy) is 1. The van der Waals surface area contributed by atoms with Crippen molar-refractivity contribution in [1.82, 2.24) is 9.47 Å². The van der Waals surface area contributed by atoms with Crippen molar-refractivity contribution in [3.63, 3.8) is 0 Å². The van der Waals surface area contributed by atoms with Gasteiger partial charge in [0.15, 0.2) is 0 Å². The van der Waals surface area contributed by atoms with Crippen molar-refractivity contribution in [3.05, 3.63) is 69.1 Å². The number of likely N-dealkylation sites (tertiary alicyclic amines) is 1. The summed E-state index contributed by atoms with van der Waals surface area (Å²) in [6.45, 7) is 2.98. The van der Waals surface area contributed by atoms with Crippen molar-refractivity contribution in [2.45, 2.75) is 31.9 Å². The smallest absolute Gasteiger partial charge is 0.254 e. The topological polar surface area (TPSA) is 51.5 Å². The van der Waals surface area contributed by atoms with Gasteiger partial charge in [-0.05, 0) is 49.6 Å². The van der Waals surface area contributed by atoms with E-state index in [-0.39, 0.29) is 17.6 Å². The molecule has 4 rings (SSSR count). The maximum atomic E-state index is 12.2. The number of hydrogen-bond donors (Lipinski definition) is 0. The summed E-state index contributed by atoms with van der Waals surface area (Å²) in [5.41, 5.74) is 1.84. The van der Waals surface area contributed by atoms with Crippen molar-refractivity contribution in [2.75, 3.05) is 13.1 Å². The lowest BCUT2D eigenvalue weighted by atomic mass is 10.1. The van der Waals surface area contributed by atoms with Crippen molar-refractivity contribution in [3.8, 4) is 5.75 Å². The quantitative estimate of drug-likeness (QED) is 0.742. The van der Waals surface area contributed by atoms with Gasteiger partial charge in [0.2, 0.25) is 5.91 Å². The number of benzene rings is 1. The zero-order valence-corrected chi connectivity index (χ0v) is 15.9. The highest BCUT2D eigenvalue weighted by atomic mass is 35.5. The number of carbonyl (C=O) groups excluding carboxylic acids is 1. The first-order valence-electron chi connectivity index (χ1n) is 9.12. The molecule has 6 heteroatoms. The summed E-state index contributed by atoms with van der Waals surface area (Å²) in [7, 11) is 0. The number of rotatable bonds is 5. The third-order valence-corrected chi connectivity index (χ3v) is 5.15. The van der Waals surface area contributed by atoms with Gasteiger partial charge in [0, 0.05) is 28.9 Å². The highest BCUT2D eigenvalue weighted by molar-refractivity contribution is 6.30. The van der Waals surface area contributed by atoms with E-state index in [9.17, 15) is 9.59 Å². The maximum absolute atomic E-state index is 12.2. The number of aryl methyl sites for hydroxylation is 1. The van der Waals surface area contributed by atoms with Crippen molar-refractivity contribution < 1.29 is 9.53 Å². The summed E-state index contributed by atoms with van der Waals surface area (Å²) in [6.07, 6.45) is 5.40. The molecule has 2 fully saturated rings. The fraction of sp³-hybridized carbons (Fsp3) is 0.333. The maximum Gasteiger partial charge on any atom is 0.254 e. The van der Waals surface area contributed by atoms with Gasteiger partial charge in [-0.2, -0.15) is 0 Å². The van der Waals surface area contributed by atoms with Gasteiger partial charge in [-0.3, -0.25) is 9.59 Å². The van der Waals surface area contributed by atoms with Crippen LogP contribution in [0.25, 0.3) is 6.08 Å². The minimum Gasteiger partial charge on any atom is -0.486 e. The molecule has 2 aromatic rings. The van der Waals surface area contributed by atoms with E-state index in [4.69, 9.17) is 16.3 Å². The molecule has 1 aromatic carbocycles. The molecule has 0 radical (unpaired) electrons. The Morgan fingerprint density at radius 1 is 1.19 bits per heavy atom. The molecule has 1 aliphatic heterocycles. The summed E-state index contributed by atoms with van der Waals surface area (Å²) >= 11 is 5.85. The van der Waals surface area contributed by atoms with Crippen LogP contribution in [0, 0.1) is 6.92 Å². The highest BCUT2D eigenvalue weighted by Crippen LogP contribution is 2.35. The second-order valence-corrected chi connectivity index (χ2v) is 7.58. The Hall–Kier alpha value is -2.53.